The Balaban J connectivity index is 1.37. The number of carbonyl (C=O) groups is 1. The second-order valence-electron chi connectivity index (χ2n) is 9.74. The minimum atomic E-state index is -0.362. The van der Waals surface area contributed by atoms with Crippen molar-refractivity contribution >= 4 is 34.1 Å². The van der Waals surface area contributed by atoms with E-state index in [-0.39, 0.29) is 6.03 Å². The van der Waals surface area contributed by atoms with Crippen molar-refractivity contribution in [2.75, 3.05) is 37.2 Å². The number of fused-ring (bicyclic) bond motifs is 1. The monoisotopic (exact) mass is 570 g/mol. The molecule has 0 aliphatic heterocycles. The lowest BCUT2D eigenvalue weighted by molar-refractivity contribution is 0.262. The molecular weight excluding hydrogens is 540 g/mol. The van der Waals surface area contributed by atoms with Gasteiger partial charge in [0.05, 0.1) is 25.4 Å². The highest BCUT2D eigenvalue weighted by atomic mass is 16.5. The normalized spacial score (nSPS) is 10.8. The van der Waals surface area contributed by atoms with Crippen molar-refractivity contribution in [3.63, 3.8) is 0 Å². The molecule has 4 aromatic carbocycles. The van der Waals surface area contributed by atoms with Gasteiger partial charge in [-0.05, 0) is 59.2 Å². The standard InChI is InChI=1S/C34H30N6O3/c1-35-32-19-33(37-21-36-32)40-20-28(22-11-14-26(42-2)15-12-22)27-16-13-24(18-30(27)40)23-7-6-8-25(17-23)38-34(41)39-29-9-4-5-10-31(29)43-3/h4-21H,1-3H3,(H,35,36,37)(H2,38,39,41). The third-order valence-electron chi connectivity index (χ3n) is 7.17. The molecule has 0 saturated heterocycles. The highest BCUT2D eigenvalue weighted by molar-refractivity contribution is 6.02. The predicted octanol–water partition coefficient (Wildman–Crippen LogP) is 7.46. The van der Waals surface area contributed by atoms with Gasteiger partial charge in [-0.15, -0.1) is 0 Å². The van der Waals surface area contributed by atoms with Crippen LogP contribution in [-0.4, -0.2) is 41.8 Å². The van der Waals surface area contributed by atoms with Crippen LogP contribution in [0, 0.1) is 0 Å². The zero-order valence-corrected chi connectivity index (χ0v) is 24.0. The van der Waals surface area contributed by atoms with Gasteiger partial charge in [0, 0.05) is 35.9 Å². The first-order valence-electron chi connectivity index (χ1n) is 13.7. The lowest BCUT2D eigenvalue weighted by Gasteiger charge is -2.12. The number of hydrogen-bond donors (Lipinski definition) is 3. The quantitative estimate of drug-likeness (QED) is 0.176. The number of amides is 2. The first kappa shape index (κ1) is 27.3. The molecule has 0 aliphatic rings. The Kier molecular flexibility index (Phi) is 7.60. The molecule has 0 aliphatic carbocycles. The molecule has 6 aromatic rings. The second-order valence-corrected chi connectivity index (χ2v) is 9.74. The van der Waals surface area contributed by atoms with E-state index >= 15 is 0 Å². The predicted molar refractivity (Wildman–Crippen MR) is 171 cm³/mol. The Morgan fingerprint density at radius 2 is 1.56 bits per heavy atom. The molecule has 6 rings (SSSR count). The molecule has 0 atom stereocenters. The van der Waals surface area contributed by atoms with Gasteiger partial charge >= 0.3 is 6.03 Å². The number of benzene rings is 4. The molecular formula is C34H30N6O3. The zero-order chi connectivity index (χ0) is 29.8. The van der Waals surface area contributed by atoms with Crippen LogP contribution in [0.1, 0.15) is 0 Å². The number of methoxy groups -OCH3 is 2. The number of rotatable bonds is 8. The van der Waals surface area contributed by atoms with Crippen LogP contribution in [0.3, 0.4) is 0 Å². The van der Waals surface area contributed by atoms with E-state index in [1.165, 1.54) is 0 Å². The van der Waals surface area contributed by atoms with Crippen LogP contribution >= 0.6 is 0 Å². The first-order chi connectivity index (χ1) is 21.1. The smallest absolute Gasteiger partial charge is 0.323 e. The number of carbonyl (C=O) groups excluding carboxylic acids is 1. The van der Waals surface area contributed by atoms with Gasteiger partial charge in [-0.1, -0.05) is 48.5 Å². The van der Waals surface area contributed by atoms with Crippen molar-refractivity contribution in [3.8, 4) is 39.6 Å². The molecule has 9 heteroatoms. The largest absolute Gasteiger partial charge is 0.497 e. The zero-order valence-electron chi connectivity index (χ0n) is 24.0. The Labute approximate surface area is 249 Å². The maximum atomic E-state index is 12.8. The van der Waals surface area contributed by atoms with Gasteiger partial charge in [0.25, 0.3) is 0 Å². The lowest BCUT2D eigenvalue weighted by atomic mass is 10.0. The van der Waals surface area contributed by atoms with Crippen LogP contribution in [0.2, 0.25) is 0 Å². The molecule has 9 nitrogen and oxygen atoms in total. The Morgan fingerprint density at radius 3 is 2.35 bits per heavy atom. The summed E-state index contributed by atoms with van der Waals surface area (Å²) < 4.78 is 12.8. The van der Waals surface area contributed by atoms with Crippen LogP contribution in [0.25, 0.3) is 39.0 Å². The van der Waals surface area contributed by atoms with Crippen molar-refractivity contribution in [1.29, 1.82) is 0 Å². The van der Waals surface area contributed by atoms with Crippen LogP contribution in [0.5, 0.6) is 11.5 Å². The molecule has 214 valence electrons. The summed E-state index contributed by atoms with van der Waals surface area (Å²) in [5.74, 6) is 2.85. The van der Waals surface area contributed by atoms with Gasteiger partial charge in [-0.2, -0.15) is 0 Å². The van der Waals surface area contributed by atoms with E-state index in [0.717, 1.165) is 50.5 Å². The van der Waals surface area contributed by atoms with E-state index in [1.807, 2.05) is 61.6 Å². The summed E-state index contributed by atoms with van der Waals surface area (Å²) >= 11 is 0. The van der Waals surface area contributed by atoms with E-state index in [4.69, 9.17) is 9.47 Å². The number of nitrogens with one attached hydrogen (secondary N) is 3. The lowest BCUT2D eigenvalue weighted by Crippen LogP contribution is -2.19. The van der Waals surface area contributed by atoms with Gasteiger partial charge < -0.3 is 30.0 Å². The average molecular weight is 571 g/mol. The highest BCUT2D eigenvalue weighted by Gasteiger charge is 2.15. The molecule has 2 heterocycles. The molecule has 0 bridgehead atoms. The highest BCUT2D eigenvalue weighted by Crippen LogP contribution is 2.36. The van der Waals surface area contributed by atoms with Gasteiger partial charge in [-0.3, -0.25) is 0 Å². The summed E-state index contributed by atoms with van der Waals surface area (Å²) in [5.41, 5.74) is 6.30. The van der Waals surface area contributed by atoms with Crippen LogP contribution < -0.4 is 25.4 Å². The fraction of sp³-hybridized carbons (Fsp3) is 0.0882. The van der Waals surface area contributed by atoms with E-state index in [2.05, 4.69) is 67.0 Å². The number of anilines is 3. The molecule has 0 spiro atoms. The Hall–Kier alpha value is -5.83. The van der Waals surface area contributed by atoms with E-state index in [0.29, 0.717) is 17.1 Å². The SMILES string of the molecule is CNc1cc(-n2cc(-c3ccc(OC)cc3)c3ccc(-c4cccc(NC(=O)Nc5ccccc5OC)c4)cc32)ncn1. The van der Waals surface area contributed by atoms with Gasteiger partial charge in [0.1, 0.15) is 29.5 Å². The van der Waals surface area contributed by atoms with E-state index in [9.17, 15) is 4.79 Å². The molecule has 43 heavy (non-hydrogen) atoms. The topological polar surface area (TPSA) is 102 Å². The molecule has 3 N–H and O–H groups in total. The molecule has 0 radical (unpaired) electrons. The summed E-state index contributed by atoms with van der Waals surface area (Å²) in [4.78, 5) is 21.7. The number of hydrogen-bond acceptors (Lipinski definition) is 6. The van der Waals surface area contributed by atoms with Crippen molar-refractivity contribution < 1.29 is 14.3 Å². The molecule has 2 amide bonds. The number of ether oxygens (including phenoxy) is 2. The summed E-state index contributed by atoms with van der Waals surface area (Å²) in [6.45, 7) is 0. The summed E-state index contributed by atoms with van der Waals surface area (Å²) in [6, 6.07) is 30.9. The minimum absolute atomic E-state index is 0.362. The number of nitrogens with zero attached hydrogens (tertiary/aromatic N) is 3. The van der Waals surface area contributed by atoms with E-state index in [1.54, 1.807) is 32.7 Å². The average Bonchev–Trinajstić information content (AvgIpc) is 3.44. The van der Waals surface area contributed by atoms with Crippen molar-refractivity contribution in [2.24, 2.45) is 0 Å². The molecule has 0 fully saturated rings. The van der Waals surface area contributed by atoms with Crippen LogP contribution in [0.4, 0.5) is 22.0 Å². The fourth-order valence-corrected chi connectivity index (χ4v) is 5.02. The summed E-state index contributed by atoms with van der Waals surface area (Å²) in [5, 5.41) is 9.94. The van der Waals surface area contributed by atoms with Gasteiger partial charge in [-0.25, -0.2) is 14.8 Å². The number of para-hydroxylation sites is 2. The van der Waals surface area contributed by atoms with Crippen LogP contribution in [0.15, 0.2) is 110 Å². The van der Waals surface area contributed by atoms with Crippen molar-refractivity contribution in [3.05, 3.63) is 110 Å². The Bertz CT molecular complexity index is 1920. The van der Waals surface area contributed by atoms with E-state index < -0.39 is 0 Å². The third-order valence-corrected chi connectivity index (χ3v) is 7.17. The maximum absolute atomic E-state index is 12.8. The summed E-state index contributed by atoms with van der Waals surface area (Å²) in [7, 11) is 5.06. The Morgan fingerprint density at radius 1 is 0.767 bits per heavy atom. The van der Waals surface area contributed by atoms with Crippen molar-refractivity contribution in [2.45, 2.75) is 0 Å². The molecule has 0 unspecified atom stereocenters. The fourth-order valence-electron chi connectivity index (χ4n) is 5.02. The van der Waals surface area contributed by atoms with Gasteiger partial charge in [0.2, 0.25) is 0 Å². The minimum Gasteiger partial charge on any atom is -0.497 e. The maximum Gasteiger partial charge on any atom is 0.323 e. The second kappa shape index (κ2) is 12.0. The number of aromatic nitrogens is 3. The van der Waals surface area contributed by atoms with Crippen molar-refractivity contribution in [1.82, 2.24) is 14.5 Å². The first-order valence-corrected chi connectivity index (χ1v) is 13.7. The summed E-state index contributed by atoms with van der Waals surface area (Å²) in [6.07, 6.45) is 3.65. The van der Waals surface area contributed by atoms with Gasteiger partial charge in [0.15, 0.2) is 0 Å². The van der Waals surface area contributed by atoms with Crippen LogP contribution in [-0.2, 0) is 0 Å². The third kappa shape index (κ3) is 5.69. The number of urea groups is 1. The molecule has 0 saturated carbocycles. The molecule has 2 aromatic heterocycles.